The van der Waals surface area contributed by atoms with Gasteiger partial charge in [0.2, 0.25) is 0 Å². The normalized spacial score (nSPS) is 16.2. The van der Waals surface area contributed by atoms with E-state index in [1.54, 1.807) is 0 Å². The number of rotatable bonds is 3. The first-order chi connectivity index (χ1) is 6.29. The topological polar surface area (TPSA) is 35.2 Å². The smallest absolute Gasteiger partial charge is 0.0930 e. The molecule has 2 rings (SSSR count). The van der Waals surface area contributed by atoms with Crippen molar-refractivity contribution in [2.75, 3.05) is 0 Å². The molecule has 0 amide bonds. The Morgan fingerprint density at radius 2 is 2.15 bits per heavy atom. The Morgan fingerprint density at radius 3 is 2.77 bits per heavy atom. The first-order valence-corrected chi connectivity index (χ1v) is 4.78. The van der Waals surface area contributed by atoms with E-state index in [1.807, 2.05) is 12.1 Å². The van der Waals surface area contributed by atoms with E-state index in [0.29, 0.717) is 6.61 Å². The minimum Gasteiger partial charge on any atom is -0.300 e. The third kappa shape index (κ3) is 2.21. The quantitative estimate of drug-likeness (QED) is 0.757. The molecule has 2 nitrogen and oxygen atoms in total. The molecule has 0 heterocycles. The van der Waals surface area contributed by atoms with Gasteiger partial charge in [-0.15, -0.1) is 0 Å². The summed E-state index contributed by atoms with van der Waals surface area (Å²) in [6, 6.07) is 6.04. The summed E-state index contributed by atoms with van der Waals surface area (Å²) in [6.07, 6.45) is 2.56. The lowest BCUT2D eigenvalue weighted by Gasteiger charge is -2.04. The van der Waals surface area contributed by atoms with Crippen LogP contribution in [0.25, 0.3) is 0 Å². The van der Waals surface area contributed by atoms with Crippen LogP contribution in [0.15, 0.2) is 18.2 Å². The average Bonchev–Trinajstić information content (AvgIpc) is 2.85. The van der Waals surface area contributed by atoms with Crippen LogP contribution in [0.1, 0.15) is 29.9 Å². The van der Waals surface area contributed by atoms with Gasteiger partial charge < -0.3 is 0 Å². The van der Waals surface area contributed by atoms with Crippen molar-refractivity contribution in [3.05, 3.63) is 34.3 Å². The Morgan fingerprint density at radius 1 is 1.38 bits per heavy atom. The second-order valence-corrected chi connectivity index (χ2v) is 3.91. The molecule has 13 heavy (non-hydrogen) atoms. The van der Waals surface area contributed by atoms with Crippen LogP contribution in [0.2, 0.25) is 5.02 Å². The molecule has 0 radical (unpaired) electrons. The number of halogens is 1. The molecule has 0 aromatic heterocycles. The van der Waals surface area contributed by atoms with Crippen molar-refractivity contribution in [1.82, 2.24) is 0 Å². The van der Waals surface area contributed by atoms with Gasteiger partial charge in [-0.25, -0.2) is 5.90 Å². The fourth-order valence-corrected chi connectivity index (χ4v) is 1.77. The molecule has 0 bridgehead atoms. The molecule has 1 aliphatic rings. The van der Waals surface area contributed by atoms with Gasteiger partial charge in [0.25, 0.3) is 0 Å². The highest BCUT2D eigenvalue weighted by molar-refractivity contribution is 6.30. The lowest BCUT2D eigenvalue weighted by atomic mass is 10.1. The number of hydrogen-bond acceptors (Lipinski definition) is 2. The van der Waals surface area contributed by atoms with E-state index in [9.17, 15) is 0 Å². The molecule has 0 atom stereocenters. The molecule has 70 valence electrons. The molecule has 0 aliphatic heterocycles. The summed E-state index contributed by atoms with van der Waals surface area (Å²) in [5.74, 6) is 5.73. The van der Waals surface area contributed by atoms with Crippen molar-refractivity contribution in [2.24, 2.45) is 5.90 Å². The predicted molar refractivity (Wildman–Crippen MR) is 52.4 cm³/mol. The summed E-state index contributed by atoms with van der Waals surface area (Å²) in [4.78, 5) is 4.58. The van der Waals surface area contributed by atoms with E-state index < -0.39 is 0 Å². The van der Waals surface area contributed by atoms with Gasteiger partial charge in [0, 0.05) is 5.02 Å². The van der Waals surface area contributed by atoms with E-state index in [1.165, 1.54) is 18.4 Å². The lowest BCUT2D eigenvalue weighted by Crippen LogP contribution is -1.99. The molecule has 1 saturated carbocycles. The fraction of sp³-hybridized carbons (Fsp3) is 0.400. The van der Waals surface area contributed by atoms with E-state index in [4.69, 9.17) is 17.5 Å². The highest BCUT2D eigenvalue weighted by Crippen LogP contribution is 2.41. The Balaban J connectivity index is 2.25. The van der Waals surface area contributed by atoms with Crippen molar-refractivity contribution in [3.8, 4) is 0 Å². The Labute approximate surface area is 82.6 Å². The van der Waals surface area contributed by atoms with Crippen molar-refractivity contribution in [1.29, 1.82) is 0 Å². The minimum atomic E-state index is 0.431. The zero-order chi connectivity index (χ0) is 9.26. The first-order valence-electron chi connectivity index (χ1n) is 4.40. The van der Waals surface area contributed by atoms with E-state index in [2.05, 4.69) is 10.9 Å². The van der Waals surface area contributed by atoms with E-state index in [0.717, 1.165) is 16.5 Å². The maximum atomic E-state index is 5.96. The second-order valence-electron chi connectivity index (χ2n) is 3.48. The molecule has 3 heteroatoms. The standard InChI is InChI=1S/C10H12ClNO/c11-10-4-7(6-13-12)3-9(5-10)8-1-2-8/h3-5,8H,1-2,6,12H2. The van der Waals surface area contributed by atoms with Crippen molar-refractivity contribution in [3.63, 3.8) is 0 Å². The first kappa shape index (κ1) is 9.00. The summed E-state index contributed by atoms with van der Waals surface area (Å²) in [6.45, 7) is 0.431. The van der Waals surface area contributed by atoms with Gasteiger partial charge in [0.15, 0.2) is 0 Å². The predicted octanol–water partition coefficient (Wildman–Crippen LogP) is 2.61. The highest BCUT2D eigenvalue weighted by atomic mass is 35.5. The van der Waals surface area contributed by atoms with Crippen molar-refractivity contribution < 1.29 is 4.84 Å². The molecule has 2 N–H and O–H groups in total. The largest absolute Gasteiger partial charge is 0.300 e. The van der Waals surface area contributed by atoms with Gasteiger partial charge in [0.05, 0.1) is 6.61 Å². The highest BCUT2D eigenvalue weighted by Gasteiger charge is 2.23. The van der Waals surface area contributed by atoms with Gasteiger partial charge in [0.1, 0.15) is 0 Å². The summed E-state index contributed by atoms with van der Waals surface area (Å²) in [5.41, 5.74) is 2.37. The van der Waals surface area contributed by atoms with Crippen molar-refractivity contribution >= 4 is 11.6 Å². The Kier molecular flexibility index (Phi) is 2.54. The minimum absolute atomic E-state index is 0.431. The molecular weight excluding hydrogens is 186 g/mol. The lowest BCUT2D eigenvalue weighted by molar-refractivity contribution is 0.124. The monoisotopic (exact) mass is 197 g/mol. The average molecular weight is 198 g/mol. The third-order valence-corrected chi connectivity index (χ3v) is 2.50. The summed E-state index contributed by atoms with van der Waals surface area (Å²) in [7, 11) is 0. The number of hydrogen-bond donors (Lipinski definition) is 1. The van der Waals surface area contributed by atoms with E-state index >= 15 is 0 Å². The molecule has 0 unspecified atom stereocenters. The Bertz CT molecular complexity index is 310. The number of nitrogens with two attached hydrogens (primary N) is 1. The van der Waals surface area contributed by atoms with Crippen LogP contribution in [0.4, 0.5) is 0 Å². The zero-order valence-corrected chi connectivity index (χ0v) is 8.05. The fourth-order valence-electron chi connectivity index (χ4n) is 1.51. The molecular formula is C10H12ClNO. The zero-order valence-electron chi connectivity index (χ0n) is 7.29. The molecule has 1 fully saturated rings. The SMILES string of the molecule is NOCc1cc(Cl)cc(C2CC2)c1. The van der Waals surface area contributed by atoms with Crippen LogP contribution in [0, 0.1) is 0 Å². The van der Waals surface area contributed by atoms with Crippen LogP contribution in [0.5, 0.6) is 0 Å². The molecule has 0 spiro atoms. The second kappa shape index (κ2) is 3.66. The van der Waals surface area contributed by atoms with Gasteiger partial charge in [-0.05, 0) is 42.0 Å². The third-order valence-electron chi connectivity index (χ3n) is 2.28. The maximum absolute atomic E-state index is 5.96. The molecule has 0 saturated heterocycles. The summed E-state index contributed by atoms with van der Waals surface area (Å²) >= 11 is 5.96. The van der Waals surface area contributed by atoms with Gasteiger partial charge in [-0.3, -0.25) is 4.84 Å². The van der Waals surface area contributed by atoms with Crippen LogP contribution < -0.4 is 5.90 Å². The van der Waals surface area contributed by atoms with E-state index in [-0.39, 0.29) is 0 Å². The molecule has 1 aromatic rings. The van der Waals surface area contributed by atoms with Gasteiger partial charge in [-0.2, -0.15) is 0 Å². The maximum Gasteiger partial charge on any atom is 0.0930 e. The van der Waals surface area contributed by atoms with Crippen molar-refractivity contribution in [2.45, 2.75) is 25.4 Å². The summed E-state index contributed by atoms with van der Waals surface area (Å²) in [5, 5.41) is 0.774. The van der Waals surface area contributed by atoms with Gasteiger partial charge in [-0.1, -0.05) is 17.7 Å². The summed E-state index contributed by atoms with van der Waals surface area (Å²) < 4.78 is 0. The van der Waals surface area contributed by atoms with Crippen LogP contribution in [0.3, 0.4) is 0 Å². The van der Waals surface area contributed by atoms with Crippen LogP contribution in [-0.2, 0) is 11.4 Å². The molecule has 1 aromatic carbocycles. The number of benzene rings is 1. The van der Waals surface area contributed by atoms with Crippen LogP contribution in [-0.4, -0.2) is 0 Å². The van der Waals surface area contributed by atoms with Gasteiger partial charge >= 0.3 is 0 Å². The van der Waals surface area contributed by atoms with Crippen LogP contribution >= 0.6 is 11.6 Å². The molecule has 1 aliphatic carbocycles. The Hall–Kier alpha value is -0.570.